The molecule has 0 aliphatic heterocycles. The number of esters is 1. The van der Waals surface area contributed by atoms with E-state index in [0.29, 0.717) is 16.9 Å². The number of carbonyl (C=O) groups is 1. The summed E-state index contributed by atoms with van der Waals surface area (Å²) in [6.07, 6.45) is 0.904. The summed E-state index contributed by atoms with van der Waals surface area (Å²) >= 11 is 1.88. The van der Waals surface area contributed by atoms with E-state index in [9.17, 15) is 4.79 Å². The largest absolute Gasteiger partial charge is 0.462 e. The highest BCUT2D eigenvalue weighted by molar-refractivity contribution is 8.00. The summed E-state index contributed by atoms with van der Waals surface area (Å²) in [6, 6.07) is 0. The van der Waals surface area contributed by atoms with Gasteiger partial charge in [0.05, 0.1) is 6.61 Å². The summed E-state index contributed by atoms with van der Waals surface area (Å²) in [5.74, 6) is 0.734. The van der Waals surface area contributed by atoms with Crippen molar-refractivity contribution in [3.05, 3.63) is 12.2 Å². The predicted molar refractivity (Wildman–Crippen MR) is 62.6 cm³/mol. The third kappa shape index (κ3) is 8.17. The summed E-state index contributed by atoms with van der Waals surface area (Å²) in [5, 5.41) is 0. The summed E-state index contributed by atoms with van der Waals surface area (Å²) in [5.41, 5.74) is 0.466. The molecule has 0 unspecified atom stereocenters. The summed E-state index contributed by atoms with van der Waals surface area (Å²) < 4.78 is 5.26. The molecule has 0 rings (SSSR count). The first-order valence-electron chi connectivity index (χ1n) is 4.79. The molecule has 0 atom stereocenters. The van der Waals surface area contributed by atoms with E-state index in [1.54, 1.807) is 6.92 Å². The van der Waals surface area contributed by atoms with Crippen molar-refractivity contribution in [1.29, 1.82) is 0 Å². The highest BCUT2D eigenvalue weighted by Gasteiger charge is 2.09. The average molecular weight is 216 g/mol. The van der Waals surface area contributed by atoms with Crippen LogP contribution in [-0.4, -0.2) is 23.1 Å². The molecule has 0 aliphatic carbocycles. The fraction of sp³-hybridized carbons (Fsp3) is 0.727. The Morgan fingerprint density at radius 3 is 2.43 bits per heavy atom. The Balaban J connectivity index is 3.39. The Bertz CT molecular complexity index is 204. The quantitative estimate of drug-likeness (QED) is 0.401. The third-order valence-electron chi connectivity index (χ3n) is 1.41. The molecule has 0 heterocycles. The molecular formula is C11H20O2S. The van der Waals surface area contributed by atoms with Crippen molar-refractivity contribution in [2.75, 3.05) is 12.4 Å². The van der Waals surface area contributed by atoms with Gasteiger partial charge in [-0.05, 0) is 19.1 Å². The predicted octanol–water partition coefficient (Wildman–Crippen LogP) is 3.03. The maximum Gasteiger partial charge on any atom is 0.333 e. The van der Waals surface area contributed by atoms with Gasteiger partial charge in [0.15, 0.2) is 0 Å². The fourth-order valence-electron chi connectivity index (χ4n) is 0.725. The normalized spacial score (nSPS) is 11.1. The van der Waals surface area contributed by atoms with Gasteiger partial charge in [-0.15, -0.1) is 0 Å². The second-order valence-corrected chi connectivity index (χ2v) is 6.15. The Morgan fingerprint density at radius 2 is 2.00 bits per heavy atom. The van der Waals surface area contributed by atoms with Crippen molar-refractivity contribution < 1.29 is 9.53 Å². The molecule has 0 spiro atoms. The SMILES string of the molecule is C=C(C)C(=O)OCCCSC(C)(C)C. The number of hydrogen-bond donors (Lipinski definition) is 0. The molecule has 0 aromatic heterocycles. The standard InChI is InChI=1S/C11H20O2S/c1-9(2)10(12)13-7-6-8-14-11(3,4)5/h1,6-8H2,2-5H3. The number of rotatable bonds is 5. The molecule has 3 heteroatoms. The zero-order chi connectivity index (χ0) is 11.2. The van der Waals surface area contributed by atoms with Crippen LogP contribution in [0.3, 0.4) is 0 Å². The van der Waals surface area contributed by atoms with E-state index in [1.807, 2.05) is 11.8 Å². The minimum atomic E-state index is -0.286. The van der Waals surface area contributed by atoms with Crippen molar-refractivity contribution in [3.8, 4) is 0 Å². The van der Waals surface area contributed by atoms with Crippen LogP contribution in [0.5, 0.6) is 0 Å². The molecular weight excluding hydrogens is 196 g/mol. The van der Waals surface area contributed by atoms with Crippen LogP contribution in [0.4, 0.5) is 0 Å². The Kier molecular flexibility index (Phi) is 5.93. The van der Waals surface area contributed by atoms with Gasteiger partial charge in [-0.25, -0.2) is 4.79 Å². The first kappa shape index (κ1) is 13.6. The van der Waals surface area contributed by atoms with Gasteiger partial charge in [-0.3, -0.25) is 0 Å². The van der Waals surface area contributed by atoms with Crippen LogP contribution in [0.15, 0.2) is 12.2 Å². The number of hydrogen-bond acceptors (Lipinski definition) is 3. The monoisotopic (exact) mass is 216 g/mol. The summed E-state index contributed by atoms with van der Waals surface area (Å²) in [6.45, 7) is 12.2. The van der Waals surface area contributed by atoms with Crippen LogP contribution >= 0.6 is 11.8 Å². The van der Waals surface area contributed by atoms with E-state index in [2.05, 4.69) is 27.4 Å². The molecule has 0 radical (unpaired) electrons. The van der Waals surface area contributed by atoms with Crippen LogP contribution < -0.4 is 0 Å². The van der Waals surface area contributed by atoms with E-state index in [0.717, 1.165) is 12.2 Å². The maximum absolute atomic E-state index is 11.0. The molecule has 0 aliphatic rings. The number of thioether (sulfide) groups is 1. The van der Waals surface area contributed by atoms with Crippen LogP contribution in [0.2, 0.25) is 0 Å². The van der Waals surface area contributed by atoms with E-state index < -0.39 is 0 Å². The zero-order valence-electron chi connectivity index (χ0n) is 9.55. The molecule has 0 fully saturated rings. The lowest BCUT2D eigenvalue weighted by Crippen LogP contribution is -2.10. The van der Waals surface area contributed by atoms with Crippen LogP contribution in [0.1, 0.15) is 34.1 Å². The highest BCUT2D eigenvalue weighted by Crippen LogP contribution is 2.23. The van der Waals surface area contributed by atoms with Crippen molar-refractivity contribution in [3.63, 3.8) is 0 Å². The van der Waals surface area contributed by atoms with Gasteiger partial charge in [0, 0.05) is 10.3 Å². The Labute approximate surface area is 91.1 Å². The lowest BCUT2D eigenvalue weighted by molar-refractivity contribution is -0.138. The molecule has 14 heavy (non-hydrogen) atoms. The van der Waals surface area contributed by atoms with Crippen molar-refractivity contribution in [2.45, 2.75) is 38.9 Å². The smallest absolute Gasteiger partial charge is 0.333 e. The van der Waals surface area contributed by atoms with E-state index in [-0.39, 0.29) is 5.97 Å². The molecule has 0 bridgehead atoms. The zero-order valence-corrected chi connectivity index (χ0v) is 10.4. The number of ether oxygens (including phenoxy) is 1. The fourth-order valence-corrected chi connectivity index (χ4v) is 1.60. The lowest BCUT2D eigenvalue weighted by atomic mass is 10.3. The molecule has 0 amide bonds. The van der Waals surface area contributed by atoms with Gasteiger partial charge in [-0.1, -0.05) is 27.4 Å². The second-order valence-electron chi connectivity index (χ2n) is 4.23. The van der Waals surface area contributed by atoms with E-state index in [4.69, 9.17) is 4.74 Å². The van der Waals surface area contributed by atoms with Gasteiger partial charge >= 0.3 is 5.97 Å². The van der Waals surface area contributed by atoms with Crippen LogP contribution in [-0.2, 0) is 9.53 Å². The van der Waals surface area contributed by atoms with Crippen molar-refractivity contribution in [2.24, 2.45) is 0 Å². The summed E-state index contributed by atoms with van der Waals surface area (Å²) in [4.78, 5) is 11.0. The second kappa shape index (κ2) is 6.12. The maximum atomic E-state index is 11.0. The van der Waals surface area contributed by atoms with Crippen LogP contribution in [0, 0.1) is 0 Å². The topological polar surface area (TPSA) is 26.3 Å². The molecule has 0 N–H and O–H groups in total. The highest BCUT2D eigenvalue weighted by atomic mass is 32.2. The molecule has 0 aromatic rings. The van der Waals surface area contributed by atoms with E-state index >= 15 is 0 Å². The minimum Gasteiger partial charge on any atom is -0.462 e. The number of carbonyl (C=O) groups excluding carboxylic acids is 1. The van der Waals surface area contributed by atoms with E-state index in [1.165, 1.54) is 0 Å². The lowest BCUT2D eigenvalue weighted by Gasteiger charge is -2.17. The van der Waals surface area contributed by atoms with Gasteiger partial charge < -0.3 is 4.74 Å². The average Bonchev–Trinajstić information content (AvgIpc) is 2.01. The first-order chi connectivity index (χ1) is 6.33. The minimum absolute atomic E-state index is 0.286. The molecule has 0 saturated carbocycles. The first-order valence-corrected chi connectivity index (χ1v) is 5.78. The van der Waals surface area contributed by atoms with Gasteiger partial charge in [0.1, 0.15) is 0 Å². The Morgan fingerprint density at radius 1 is 1.43 bits per heavy atom. The molecule has 82 valence electrons. The Hall–Kier alpha value is -0.440. The van der Waals surface area contributed by atoms with Crippen molar-refractivity contribution >= 4 is 17.7 Å². The molecule has 2 nitrogen and oxygen atoms in total. The third-order valence-corrected chi connectivity index (χ3v) is 2.76. The van der Waals surface area contributed by atoms with Crippen molar-refractivity contribution in [1.82, 2.24) is 0 Å². The van der Waals surface area contributed by atoms with Gasteiger partial charge in [-0.2, -0.15) is 11.8 Å². The van der Waals surface area contributed by atoms with Gasteiger partial charge in [0.2, 0.25) is 0 Å². The van der Waals surface area contributed by atoms with Gasteiger partial charge in [0.25, 0.3) is 0 Å². The van der Waals surface area contributed by atoms with Crippen LogP contribution in [0.25, 0.3) is 0 Å². The summed E-state index contributed by atoms with van der Waals surface area (Å²) in [7, 11) is 0. The molecule has 0 aromatic carbocycles. The molecule has 0 saturated heterocycles.